The third-order valence-corrected chi connectivity index (χ3v) is 3.98. The number of carbonyl (C=O) groups is 1. The van der Waals surface area contributed by atoms with E-state index < -0.39 is 0 Å². The van der Waals surface area contributed by atoms with E-state index in [4.69, 9.17) is 0 Å². The summed E-state index contributed by atoms with van der Waals surface area (Å²) in [5.41, 5.74) is 1.59. The van der Waals surface area contributed by atoms with Crippen LogP contribution in [-0.4, -0.2) is 46.3 Å². The number of fused-ring (bicyclic) bond motifs is 1. The van der Waals surface area contributed by atoms with E-state index in [0.29, 0.717) is 17.7 Å². The van der Waals surface area contributed by atoms with Crippen molar-refractivity contribution in [2.45, 2.75) is 19.4 Å². The van der Waals surface area contributed by atoms with E-state index in [2.05, 4.69) is 10.4 Å². The Hall–Kier alpha value is -1.36. The molecule has 0 bridgehead atoms. The molecular formula is C12H18N4O. The third kappa shape index (κ3) is 1.74. The lowest BCUT2D eigenvalue weighted by Crippen LogP contribution is -2.34. The van der Waals surface area contributed by atoms with Crippen LogP contribution in [0.2, 0.25) is 0 Å². The average Bonchev–Trinajstić information content (AvgIpc) is 2.92. The molecule has 2 aliphatic heterocycles. The van der Waals surface area contributed by atoms with Crippen LogP contribution in [-0.2, 0) is 7.05 Å². The average molecular weight is 234 g/mol. The van der Waals surface area contributed by atoms with Gasteiger partial charge in [0.2, 0.25) is 0 Å². The second-order valence-corrected chi connectivity index (χ2v) is 5.11. The molecule has 1 amide bonds. The first-order valence-electron chi connectivity index (χ1n) is 6.18. The van der Waals surface area contributed by atoms with Gasteiger partial charge in [-0.05, 0) is 31.9 Å². The molecule has 2 atom stereocenters. The highest BCUT2D eigenvalue weighted by Gasteiger charge is 2.38. The van der Waals surface area contributed by atoms with Crippen LogP contribution in [0.15, 0.2) is 6.07 Å². The molecule has 92 valence electrons. The van der Waals surface area contributed by atoms with Gasteiger partial charge in [0, 0.05) is 31.9 Å². The first kappa shape index (κ1) is 10.8. The summed E-state index contributed by atoms with van der Waals surface area (Å²) in [5, 5.41) is 7.71. The fraction of sp³-hybridized carbons (Fsp3) is 0.667. The van der Waals surface area contributed by atoms with Crippen LogP contribution in [0.4, 0.5) is 0 Å². The highest BCUT2D eigenvalue weighted by atomic mass is 16.2. The number of nitrogens with one attached hydrogen (secondary N) is 1. The van der Waals surface area contributed by atoms with Crippen molar-refractivity contribution < 1.29 is 4.79 Å². The molecule has 5 heteroatoms. The lowest BCUT2D eigenvalue weighted by atomic mass is 10.1. The first-order valence-corrected chi connectivity index (χ1v) is 6.18. The highest BCUT2D eigenvalue weighted by molar-refractivity contribution is 5.92. The van der Waals surface area contributed by atoms with Gasteiger partial charge in [0.05, 0.1) is 0 Å². The summed E-state index contributed by atoms with van der Waals surface area (Å²) in [5.74, 6) is 0.716. The van der Waals surface area contributed by atoms with Crippen molar-refractivity contribution in [2.24, 2.45) is 13.0 Å². The van der Waals surface area contributed by atoms with Gasteiger partial charge in [0.25, 0.3) is 5.91 Å². The maximum atomic E-state index is 12.3. The monoisotopic (exact) mass is 234 g/mol. The Morgan fingerprint density at radius 3 is 3.00 bits per heavy atom. The lowest BCUT2D eigenvalue weighted by molar-refractivity contribution is 0.0776. The van der Waals surface area contributed by atoms with Gasteiger partial charge in [0.1, 0.15) is 0 Å². The molecule has 0 aliphatic carbocycles. The van der Waals surface area contributed by atoms with Gasteiger partial charge in [-0.15, -0.1) is 0 Å². The fourth-order valence-corrected chi connectivity index (χ4v) is 2.84. The van der Waals surface area contributed by atoms with Crippen molar-refractivity contribution in [1.82, 2.24) is 20.0 Å². The van der Waals surface area contributed by atoms with Crippen LogP contribution in [0.5, 0.6) is 0 Å². The van der Waals surface area contributed by atoms with E-state index >= 15 is 0 Å². The zero-order valence-electron chi connectivity index (χ0n) is 10.3. The van der Waals surface area contributed by atoms with Crippen LogP contribution in [0, 0.1) is 12.8 Å². The van der Waals surface area contributed by atoms with Crippen LogP contribution in [0.1, 0.15) is 22.6 Å². The SMILES string of the molecule is Cc1cc(C(=O)N2C[C@@H]3CCN[C@@H]3C2)nn1C. The number of hydrogen-bond donors (Lipinski definition) is 1. The smallest absolute Gasteiger partial charge is 0.274 e. The quantitative estimate of drug-likeness (QED) is 0.753. The van der Waals surface area contributed by atoms with Gasteiger partial charge >= 0.3 is 0 Å². The number of hydrogen-bond acceptors (Lipinski definition) is 3. The molecule has 0 aromatic carbocycles. The summed E-state index contributed by atoms with van der Waals surface area (Å²) in [6.45, 7) is 4.77. The van der Waals surface area contributed by atoms with Crippen molar-refractivity contribution in [3.05, 3.63) is 17.5 Å². The molecule has 0 radical (unpaired) electrons. The van der Waals surface area contributed by atoms with Gasteiger partial charge in [0.15, 0.2) is 5.69 Å². The number of rotatable bonds is 1. The number of carbonyl (C=O) groups excluding carboxylic acids is 1. The van der Waals surface area contributed by atoms with Gasteiger partial charge in [-0.3, -0.25) is 9.48 Å². The third-order valence-electron chi connectivity index (χ3n) is 3.98. The molecule has 2 fully saturated rings. The number of likely N-dealkylation sites (tertiary alicyclic amines) is 1. The summed E-state index contributed by atoms with van der Waals surface area (Å²) in [6.07, 6.45) is 1.19. The van der Waals surface area contributed by atoms with Crippen molar-refractivity contribution in [1.29, 1.82) is 0 Å². The minimum atomic E-state index is 0.0740. The van der Waals surface area contributed by atoms with E-state index in [0.717, 1.165) is 25.3 Å². The van der Waals surface area contributed by atoms with Gasteiger partial charge < -0.3 is 10.2 Å². The maximum Gasteiger partial charge on any atom is 0.274 e. The van der Waals surface area contributed by atoms with E-state index in [1.54, 1.807) is 4.68 Å². The molecular weight excluding hydrogens is 216 g/mol. The second kappa shape index (κ2) is 3.84. The molecule has 0 spiro atoms. The van der Waals surface area contributed by atoms with E-state index in [1.807, 2.05) is 24.9 Å². The van der Waals surface area contributed by atoms with E-state index in [9.17, 15) is 4.79 Å². The predicted octanol–water partition coefficient (Wildman–Crippen LogP) is 0.162. The molecule has 17 heavy (non-hydrogen) atoms. The summed E-state index contributed by atoms with van der Waals surface area (Å²) in [7, 11) is 1.87. The molecule has 1 N–H and O–H groups in total. The molecule has 2 saturated heterocycles. The normalized spacial score (nSPS) is 27.5. The highest BCUT2D eigenvalue weighted by Crippen LogP contribution is 2.25. The second-order valence-electron chi connectivity index (χ2n) is 5.11. The summed E-state index contributed by atoms with van der Waals surface area (Å²) >= 11 is 0. The first-order chi connectivity index (χ1) is 8.15. The Morgan fingerprint density at radius 1 is 1.53 bits per heavy atom. The Bertz CT molecular complexity index is 422. The number of aryl methyl sites for hydroxylation is 2. The fourth-order valence-electron chi connectivity index (χ4n) is 2.84. The van der Waals surface area contributed by atoms with Crippen molar-refractivity contribution in [2.75, 3.05) is 19.6 Å². The summed E-state index contributed by atoms with van der Waals surface area (Å²) < 4.78 is 1.75. The Labute approximate surface area is 101 Å². The van der Waals surface area contributed by atoms with Gasteiger partial charge in [-0.25, -0.2) is 0 Å². The lowest BCUT2D eigenvalue weighted by Gasteiger charge is -2.15. The zero-order valence-corrected chi connectivity index (χ0v) is 10.3. The van der Waals surface area contributed by atoms with Crippen molar-refractivity contribution in [3.63, 3.8) is 0 Å². The molecule has 0 saturated carbocycles. The summed E-state index contributed by atoms with van der Waals surface area (Å²) in [6, 6.07) is 2.37. The Kier molecular flexibility index (Phi) is 2.43. The molecule has 3 rings (SSSR count). The van der Waals surface area contributed by atoms with Crippen LogP contribution in [0.25, 0.3) is 0 Å². The van der Waals surface area contributed by atoms with E-state index in [1.165, 1.54) is 6.42 Å². The Morgan fingerprint density at radius 2 is 2.35 bits per heavy atom. The predicted molar refractivity (Wildman–Crippen MR) is 63.7 cm³/mol. The minimum absolute atomic E-state index is 0.0740. The van der Waals surface area contributed by atoms with Crippen LogP contribution in [0.3, 0.4) is 0 Å². The van der Waals surface area contributed by atoms with Crippen LogP contribution >= 0.6 is 0 Å². The standard InChI is InChI=1S/C12H18N4O/c1-8-5-10(14-15(8)2)12(17)16-6-9-3-4-13-11(9)7-16/h5,9,11,13H,3-4,6-7H2,1-2H3/t9-,11+/m0/s1. The Balaban J connectivity index is 1.75. The summed E-state index contributed by atoms with van der Waals surface area (Å²) in [4.78, 5) is 14.2. The maximum absolute atomic E-state index is 12.3. The topological polar surface area (TPSA) is 50.2 Å². The molecule has 5 nitrogen and oxygen atoms in total. The van der Waals surface area contributed by atoms with Crippen molar-refractivity contribution >= 4 is 5.91 Å². The van der Waals surface area contributed by atoms with E-state index in [-0.39, 0.29) is 5.91 Å². The van der Waals surface area contributed by atoms with Crippen molar-refractivity contribution in [3.8, 4) is 0 Å². The number of nitrogens with zero attached hydrogens (tertiary/aromatic N) is 3. The number of amides is 1. The zero-order chi connectivity index (χ0) is 12.0. The molecule has 3 heterocycles. The van der Waals surface area contributed by atoms with Gasteiger partial charge in [-0.2, -0.15) is 5.10 Å². The molecule has 2 aliphatic rings. The number of aromatic nitrogens is 2. The largest absolute Gasteiger partial charge is 0.335 e. The molecule has 1 aromatic heterocycles. The molecule has 1 aromatic rings. The van der Waals surface area contributed by atoms with Crippen LogP contribution < -0.4 is 5.32 Å². The molecule has 0 unspecified atom stereocenters. The van der Waals surface area contributed by atoms with Gasteiger partial charge in [-0.1, -0.05) is 0 Å². The minimum Gasteiger partial charge on any atom is -0.335 e.